The van der Waals surface area contributed by atoms with E-state index in [4.69, 9.17) is 4.74 Å². The van der Waals surface area contributed by atoms with Crippen molar-refractivity contribution in [3.05, 3.63) is 35.4 Å². The Morgan fingerprint density at radius 2 is 2.30 bits per heavy atom. The van der Waals surface area contributed by atoms with Gasteiger partial charge in [-0.05, 0) is 29.7 Å². The molecule has 1 aromatic carbocycles. The van der Waals surface area contributed by atoms with Crippen molar-refractivity contribution in [2.24, 2.45) is 0 Å². The standard InChI is InChI=1S/C13H13FN2O2S2/c1-3-12-15-13(20-16-12)19-7-10(17)9-6-8(14)4-5-11(9)18-2/h4-6H,3,7H2,1-2H3. The van der Waals surface area contributed by atoms with E-state index in [-0.39, 0.29) is 17.1 Å². The number of ether oxygens (including phenoxy) is 1. The third-order valence-electron chi connectivity index (χ3n) is 2.55. The normalized spacial score (nSPS) is 10.6. The Hall–Kier alpha value is -1.47. The molecule has 20 heavy (non-hydrogen) atoms. The minimum atomic E-state index is -0.455. The molecular weight excluding hydrogens is 299 g/mol. The molecule has 0 atom stereocenters. The van der Waals surface area contributed by atoms with Gasteiger partial charge in [0, 0.05) is 6.42 Å². The molecule has 0 N–H and O–H groups in total. The van der Waals surface area contributed by atoms with Gasteiger partial charge in [-0.3, -0.25) is 4.79 Å². The van der Waals surface area contributed by atoms with Gasteiger partial charge in [-0.25, -0.2) is 9.37 Å². The molecule has 2 aromatic rings. The van der Waals surface area contributed by atoms with E-state index in [1.807, 2.05) is 6.92 Å². The summed E-state index contributed by atoms with van der Waals surface area (Å²) in [5.41, 5.74) is 0.250. The lowest BCUT2D eigenvalue weighted by Gasteiger charge is -2.06. The summed E-state index contributed by atoms with van der Waals surface area (Å²) < 4.78 is 23.2. The number of hydrogen-bond donors (Lipinski definition) is 0. The minimum Gasteiger partial charge on any atom is -0.496 e. The molecule has 0 aliphatic carbocycles. The van der Waals surface area contributed by atoms with Crippen LogP contribution in [0.25, 0.3) is 0 Å². The van der Waals surface area contributed by atoms with E-state index in [0.717, 1.165) is 16.6 Å². The molecule has 0 unspecified atom stereocenters. The molecule has 106 valence electrons. The summed E-state index contributed by atoms with van der Waals surface area (Å²) in [6.07, 6.45) is 0.767. The fourth-order valence-electron chi connectivity index (χ4n) is 1.54. The molecule has 1 aromatic heterocycles. The van der Waals surface area contributed by atoms with Crippen LogP contribution in [0.15, 0.2) is 22.5 Å². The smallest absolute Gasteiger partial charge is 0.176 e. The number of aromatic nitrogens is 2. The van der Waals surface area contributed by atoms with E-state index < -0.39 is 5.82 Å². The Balaban J connectivity index is 2.06. The first-order valence-electron chi connectivity index (χ1n) is 5.96. The van der Waals surface area contributed by atoms with E-state index in [0.29, 0.717) is 5.75 Å². The Morgan fingerprint density at radius 1 is 1.50 bits per heavy atom. The number of hydrogen-bond acceptors (Lipinski definition) is 6. The van der Waals surface area contributed by atoms with Gasteiger partial charge < -0.3 is 4.74 Å². The van der Waals surface area contributed by atoms with Crippen LogP contribution in [0.1, 0.15) is 23.1 Å². The molecular formula is C13H13FN2O2S2. The van der Waals surface area contributed by atoms with E-state index in [2.05, 4.69) is 9.36 Å². The highest BCUT2D eigenvalue weighted by molar-refractivity contribution is 8.01. The molecule has 0 saturated heterocycles. The highest BCUT2D eigenvalue weighted by Gasteiger charge is 2.15. The molecule has 1 heterocycles. The highest BCUT2D eigenvalue weighted by atomic mass is 32.2. The van der Waals surface area contributed by atoms with Gasteiger partial charge in [0.05, 0.1) is 18.4 Å². The first-order valence-corrected chi connectivity index (χ1v) is 7.72. The van der Waals surface area contributed by atoms with Crippen LogP contribution in [0.5, 0.6) is 5.75 Å². The summed E-state index contributed by atoms with van der Waals surface area (Å²) in [6, 6.07) is 3.91. The molecule has 0 aliphatic rings. The number of benzene rings is 1. The van der Waals surface area contributed by atoms with Crippen molar-refractivity contribution in [2.45, 2.75) is 17.7 Å². The number of carbonyl (C=O) groups excluding carboxylic acids is 1. The lowest BCUT2D eigenvalue weighted by molar-refractivity contribution is 0.101. The zero-order chi connectivity index (χ0) is 14.5. The maximum absolute atomic E-state index is 13.2. The highest BCUT2D eigenvalue weighted by Crippen LogP contribution is 2.25. The Labute approximate surface area is 124 Å². The number of halogens is 1. The number of rotatable bonds is 6. The van der Waals surface area contributed by atoms with Gasteiger partial charge in [0.1, 0.15) is 17.4 Å². The quantitative estimate of drug-likeness (QED) is 0.605. The first kappa shape index (κ1) is 14.9. The summed E-state index contributed by atoms with van der Waals surface area (Å²) in [4.78, 5) is 16.4. The molecule has 0 spiro atoms. The lowest BCUT2D eigenvalue weighted by Crippen LogP contribution is -2.05. The summed E-state index contributed by atoms with van der Waals surface area (Å²) in [5, 5.41) is 0. The second-order valence-corrected chi connectivity index (χ2v) is 5.86. The van der Waals surface area contributed by atoms with E-state index in [1.165, 1.54) is 48.6 Å². The molecule has 0 amide bonds. The third kappa shape index (κ3) is 3.55. The molecule has 0 bridgehead atoms. The number of ketones is 1. The molecule has 0 radical (unpaired) electrons. The third-order valence-corrected chi connectivity index (χ3v) is 4.43. The van der Waals surface area contributed by atoms with Gasteiger partial charge in [-0.1, -0.05) is 18.7 Å². The predicted molar refractivity (Wildman–Crippen MR) is 77.3 cm³/mol. The van der Waals surface area contributed by atoms with Crippen molar-refractivity contribution in [1.29, 1.82) is 0 Å². The molecule has 0 aliphatic heterocycles. The monoisotopic (exact) mass is 312 g/mol. The summed E-state index contributed by atoms with van der Waals surface area (Å²) in [7, 11) is 1.45. The van der Waals surface area contributed by atoms with Gasteiger partial charge in [0.15, 0.2) is 10.1 Å². The SMILES string of the molecule is CCc1nsc(SCC(=O)c2cc(F)ccc2OC)n1. The van der Waals surface area contributed by atoms with Crippen molar-refractivity contribution in [3.63, 3.8) is 0 Å². The van der Waals surface area contributed by atoms with Crippen molar-refractivity contribution in [2.75, 3.05) is 12.9 Å². The summed E-state index contributed by atoms with van der Waals surface area (Å²) >= 11 is 2.57. The van der Waals surface area contributed by atoms with Crippen LogP contribution < -0.4 is 4.74 Å². The van der Waals surface area contributed by atoms with E-state index in [1.54, 1.807) is 0 Å². The first-order chi connectivity index (χ1) is 9.63. The van der Waals surface area contributed by atoms with Gasteiger partial charge in [0.25, 0.3) is 0 Å². The maximum Gasteiger partial charge on any atom is 0.176 e. The fraction of sp³-hybridized carbons (Fsp3) is 0.308. The van der Waals surface area contributed by atoms with Crippen molar-refractivity contribution in [3.8, 4) is 5.75 Å². The van der Waals surface area contributed by atoms with Crippen molar-refractivity contribution >= 4 is 29.1 Å². The molecule has 0 fully saturated rings. The topological polar surface area (TPSA) is 52.1 Å². The Kier molecular flexibility index (Phi) is 5.08. The minimum absolute atomic E-state index is 0.179. The molecule has 2 rings (SSSR count). The second kappa shape index (κ2) is 6.81. The van der Waals surface area contributed by atoms with E-state index in [9.17, 15) is 9.18 Å². The molecule has 7 heteroatoms. The van der Waals surface area contributed by atoms with Gasteiger partial charge in [-0.2, -0.15) is 4.37 Å². The number of carbonyl (C=O) groups is 1. The van der Waals surface area contributed by atoms with Crippen LogP contribution in [0.4, 0.5) is 4.39 Å². The number of methoxy groups -OCH3 is 1. The van der Waals surface area contributed by atoms with E-state index >= 15 is 0 Å². The lowest BCUT2D eigenvalue weighted by atomic mass is 10.1. The Bertz CT molecular complexity index is 616. The predicted octanol–water partition coefficient (Wildman–Crippen LogP) is 3.22. The van der Waals surface area contributed by atoms with Crippen LogP contribution in [-0.2, 0) is 6.42 Å². The van der Waals surface area contributed by atoms with Crippen LogP contribution in [0, 0.1) is 5.82 Å². The van der Waals surface area contributed by atoms with Crippen LogP contribution in [0.2, 0.25) is 0 Å². The summed E-state index contributed by atoms with van der Waals surface area (Å²) in [5.74, 6) is 0.678. The zero-order valence-corrected chi connectivity index (χ0v) is 12.7. The van der Waals surface area contributed by atoms with Gasteiger partial charge in [0.2, 0.25) is 0 Å². The zero-order valence-electron chi connectivity index (χ0n) is 11.1. The summed E-state index contributed by atoms with van der Waals surface area (Å²) in [6.45, 7) is 1.97. The number of Topliss-reactive ketones (excluding diaryl/α,β-unsaturated/α-hetero) is 1. The van der Waals surface area contributed by atoms with Crippen LogP contribution in [0.3, 0.4) is 0 Å². The average molecular weight is 312 g/mol. The fourth-order valence-corrected chi connectivity index (χ4v) is 3.12. The largest absolute Gasteiger partial charge is 0.496 e. The second-order valence-electron chi connectivity index (χ2n) is 3.89. The van der Waals surface area contributed by atoms with Gasteiger partial charge >= 0.3 is 0 Å². The average Bonchev–Trinajstić information content (AvgIpc) is 2.92. The number of aryl methyl sites for hydroxylation is 1. The maximum atomic E-state index is 13.2. The van der Waals surface area contributed by atoms with Crippen LogP contribution >= 0.6 is 23.3 Å². The van der Waals surface area contributed by atoms with Crippen LogP contribution in [-0.4, -0.2) is 28.0 Å². The van der Waals surface area contributed by atoms with Gasteiger partial charge in [-0.15, -0.1) is 0 Å². The number of nitrogens with zero attached hydrogens (tertiary/aromatic N) is 2. The number of thioether (sulfide) groups is 1. The molecule has 4 nitrogen and oxygen atoms in total. The molecule has 0 saturated carbocycles. The van der Waals surface area contributed by atoms with Crippen molar-refractivity contribution in [1.82, 2.24) is 9.36 Å². The Morgan fingerprint density at radius 3 is 2.95 bits per heavy atom. The van der Waals surface area contributed by atoms with Crippen molar-refractivity contribution < 1.29 is 13.9 Å².